The Balaban J connectivity index is 1.62. The summed E-state index contributed by atoms with van der Waals surface area (Å²) in [5.74, 6) is -0.262. The molecule has 0 atom stereocenters. The molecule has 5 rings (SSSR count). The van der Waals surface area contributed by atoms with Gasteiger partial charge in [-0.1, -0.05) is 24.8 Å². The van der Waals surface area contributed by atoms with Gasteiger partial charge >= 0.3 is 0 Å². The normalized spacial score (nSPS) is 11.8. The van der Waals surface area contributed by atoms with E-state index in [9.17, 15) is 4.39 Å². The molecule has 5 aromatic rings. The van der Waals surface area contributed by atoms with Crippen LogP contribution >= 0.6 is 0 Å². The van der Waals surface area contributed by atoms with Crippen molar-refractivity contribution in [2.75, 3.05) is 0 Å². The third kappa shape index (κ3) is 3.94. The van der Waals surface area contributed by atoms with Gasteiger partial charge in [-0.25, -0.2) is 4.39 Å². The second-order valence-corrected chi connectivity index (χ2v) is 8.49. The van der Waals surface area contributed by atoms with Gasteiger partial charge in [-0.05, 0) is 73.4 Å². The molecule has 0 bridgehead atoms. The van der Waals surface area contributed by atoms with Crippen LogP contribution < -0.4 is 0 Å². The van der Waals surface area contributed by atoms with E-state index in [0.717, 1.165) is 67.1 Å². The lowest BCUT2D eigenvalue weighted by molar-refractivity contribution is 0.626. The summed E-state index contributed by atoms with van der Waals surface area (Å²) in [4.78, 5) is 12.3. The van der Waals surface area contributed by atoms with E-state index in [4.69, 9.17) is 0 Å². The van der Waals surface area contributed by atoms with E-state index in [1.807, 2.05) is 51.4 Å². The van der Waals surface area contributed by atoms with Crippen molar-refractivity contribution in [3.05, 3.63) is 107 Å². The molecule has 4 aromatic heterocycles. The van der Waals surface area contributed by atoms with Gasteiger partial charge in [0.1, 0.15) is 11.5 Å². The van der Waals surface area contributed by atoms with Crippen LogP contribution in [0.4, 0.5) is 4.39 Å². The second kappa shape index (κ2) is 8.56. The van der Waals surface area contributed by atoms with Crippen LogP contribution in [0, 0.1) is 26.6 Å². The van der Waals surface area contributed by atoms with Crippen LogP contribution in [-0.2, 0) is 0 Å². The van der Waals surface area contributed by atoms with E-state index < -0.39 is 0 Å². The Morgan fingerprint density at radius 2 is 1.82 bits per heavy atom. The van der Waals surface area contributed by atoms with E-state index in [-0.39, 0.29) is 5.82 Å². The fraction of sp³-hybridized carbons (Fsp3) is 0.107. The maximum Gasteiger partial charge on any atom is 0.124 e. The average Bonchev–Trinajstić information content (AvgIpc) is 3.39. The van der Waals surface area contributed by atoms with Crippen LogP contribution in [0.5, 0.6) is 0 Å². The number of aromatic nitrogens is 5. The summed E-state index contributed by atoms with van der Waals surface area (Å²) in [5, 5.41) is 8.60. The van der Waals surface area contributed by atoms with Gasteiger partial charge in [0.15, 0.2) is 0 Å². The van der Waals surface area contributed by atoms with Crippen LogP contribution in [0.25, 0.3) is 39.1 Å². The third-order valence-corrected chi connectivity index (χ3v) is 5.82. The molecule has 34 heavy (non-hydrogen) atoms. The van der Waals surface area contributed by atoms with Crippen molar-refractivity contribution in [3.63, 3.8) is 0 Å². The maximum absolute atomic E-state index is 14.2. The minimum atomic E-state index is -0.262. The number of H-pyrrole nitrogens is 2. The summed E-state index contributed by atoms with van der Waals surface area (Å²) in [5.41, 5.74) is 9.84. The van der Waals surface area contributed by atoms with Crippen molar-refractivity contribution in [2.24, 2.45) is 0 Å². The van der Waals surface area contributed by atoms with Crippen LogP contribution in [-0.4, -0.2) is 25.1 Å². The molecule has 0 radical (unpaired) electrons. The Morgan fingerprint density at radius 3 is 2.59 bits per heavy atom. The number of allylic oxidation sites excluding steroid dienone is 2. The first-order valence-electron chi connectivity index (χ1n) is 11.0. The average molecular weight is 450 g/mol. The predicted octanol–water partition coefficient (Wildman–Crippen LogP) is 6.70. The molecule has 6 heteroatoms. The monoisotopic (exact) mass is 449 g/mol. The number of rotatable bonds is 5. The third-order valence-electron chi connectivity index (χ3n) is 5.82. The lowest BCUT2D eigenvalue weighted by Gasteiger charge is -2.09. The van der Waals surface area contributed by atoms with Gasteiger partial charge in [-0.2, -0.15) is 5.10 Å². The maximum atomic E-state index is 14.2. The van der Waals surface area contributed by atoms with Crippen LogP contribution in [0.3, 0.4) is 0 Å². The first-order valence-corrected chi connectivity index (χ1v) is 11.0. The van der Waals surface area contributed by atoms with Gasteiger partial charge in [0.05, 0.1) is 23.1 Å². The summed E-state index contributed by atoms with van der Waals surface area (Å²) in [6.45, 7) is 9.76. The first kappa shape index (κ1) is 21.5. The topological polar surface area (TPSA) is 70.2 Å². The number of nitrogens with zero attached hydrogens (tertiary/aromatic N) is 3. The molecule has 0 aliphatic heterocycles. The summed E-state index contributed by atoms with van der Waals surface area (Å²) >= 11 is 0. The fourth-order valence-electron chi connectivity index (χ4n) is 4.29. The number of fused-ring (bicyclic) bond motifs is 1. The molecular weight excluding hydrogens is 425 g/mol. The van der Waals surface area contributed by atoms with Crippen LogP contribution in [0.1, 0.15) is 27.9 Å². The number of halogens is 1. The lowest BCUT2D eigenvalue weighted by atomic mass is 9.96. The zero-order valence-corrected chi connectivity index (χ0v) is 19.3. The van der Waals surface area contributed by atoms with Crippen LogP contribution in [0.2, 0.25) is 0 Å². The molecule has 5 nitrogen and oxygen atoms in total. The molecule has 1 aromatic carbocycles. The number of hydrogen-bond donors (Lipinski definition) is 2. The molecule has 4 heterocycles. The van der Waals surface area contributed by atoms with E-state index in [1.54, 1.807) is 18.3 Å². The Kier molecular flexibility index (Phi) is 5.42. The Hall–Kier alpha value is -4.32. The Bertz CT molecular complexity index is 1550. The molecule has 2 N–H and O–H groups in total. The standard InChI is InChI=1S/C28H24FN5/c1-5-6-22(19-7-16(2)9-21(29)10-19)23-11-26(32-18(23)4)28-24-12-25(31-15-27(24)33-34-28)20-8-17(3)13-30-14-20/h5-15,32H,1H2,2-4H3,(H,33,34)/b22-6-. The summed E-state index contributed by atoms with van der Waals surface area (Å²) in [7, 11) is 0. The Labute approximate surface area is 197 Å². The number of pyridine rings is 2. The number of nitrogens with one attached hydrogen (secondary N) is 2. The molecule has 0 saturated carbocycles. The summed E-state index contributed by atoms with van der Waals surface area (Å²) in [6, 6.07) is 11.2. The van der Waals surface area contributed by atoms with E-state index >= 15 is 0 Å². The van der Waals surface area contributed by atoms with Crippen molar-refractivity contribution in [1.29, 1.82) is 0 Å². The zero-order chi connectivity index (χ0) is 23.8. The SMILES string of the molecule is C=C/C=C(/c1cc(C)cc(F)c1)c1cc(-c2n[nH]c3cnc(-c4cncc(C)c4)cc23)[nH]c1C. The van der Waals surface area contributed by atoms with E-state index in [1.165, 1.54) is 6.07 Å². The van der Waals surface area contributed by atoms with Crippen molar-refractivity contribution in [1.82, 2.24) is 25.1 Å². The van der Waals surface area contributed by atoms with Gasteiger partial charge < -0.3 is 4.98 Å². The molecule has 0 unspecified atom stereocenters. The van der Waals surface area contributed by atoms with Gasteiger partial charge in [-0.15, -0.1) is 0 Å². The predicted molar refractivity (Wildman–Crippen MR) is 135 cm³/mol. The molecule has 0 amide bonds. The largest absolute Gasteiger partial charge is 0.357 e. The minimum absolute atomic E-state index is 0.262. The molecular formula is C28H24FN5. The highest BCUT2D eigenvalue weighted by molar-refractivity contribution is 5.95. The molecule has 0 saturated heterocycles. The summed E-state index contributed by atoms with van der Waals surface area (Å²) in [6.07, 6.45) is 9.05. The van der Waals surface area contributed by atoms with Gasteiger partial charge in [0, 0.05) is 34.6 Å². The molecule has 0 aliphatic rings. The van der Waals surface area contributed by atoms with Crippen molar-refractivity contribution >= 4 is 16.5 Å². The number of benzene rings is 1. The first-order chi connectivity index (χ1) is 16.4. The zero-order valence-electron chi connectivity index (χ0n) is 19.3. The smallest absolute Gasteiger partial charge is 0.124 e. The highest BCUT2D eigenvalue weighted by Crippen LogP contribution is 2.34. The minimum Gasteiger partial charge on any atom is -0.357 e. The fourth-order valence-corrected chi connectivity index (χ4v) is 4.29. The van der Waals surface area contributed by atoms with Gasteiger partial charge in [-0.3, -0.25) is 15.1 Å². The quantitative estimate of drug-likeness (QED) is 0.293. The van der Waals surface area contributed by atoms with Crippen molar-refractivity contribution in [3.8, 4) is 22.6 Å². The van der Waals surface area contributed by atoms with E-state index in [0.29, 0.717) is 0 Å². The van der Waals surface area contributed by atoms with E-state index in [2.05, 4.69) is 43.9 Å². The Morgan fingerprint density at radius 1 is 0.971 bits per heavy atom. The molecule has 0 aliphatic carbocycles. The van der Waals surface area contributed by atoms with Gasteiger partial charge in [0.25, 0.3) is 0 Å². The van der Waals surface area contributed by atoms with Crippen molar-refractivity contribution in [2.45, 2.75) is 20.8 Å². The highest BCUT2D eigenvalue weighted by Gasteiger charge is 2.17. The number of aromatic amines is 2. The van der Waals surface area contributed by atoms with Gasteiger partial charge in [0.2, 0.25) is 0 Å². The molecule has 0 fully saturated rings. The summed E-state index contributed by atoms with van der Waals surface area (Å²) < 4.78 is 14.2. The number of hydrogen-bond acceptors (Lipinski definition) is 3. The number of aryl methyl sites for hydroxylation is 3. The lowest BCUT2D eigenvalue weighted by Crippen LogP contribution is -1.91. The molecule has 0 spiro atoms. The molecule has 168 valence electrons. The van der Waals surface area contributed by atoms with Crippen LogP contribution in [0.15, 0.2) is 73.7 Å². The highest BCUT2D eigenvalue weighted by atomic mass is 19.1. The second-order valence-electron chi connectivity index (χ2n) is 8.49. The van der Waals surface area contributed by atoms with Crippen molar-refractivity contribution < 1.29 is 4.39 Å².